The summed E-state index contributed by atoms with van der Waals surface area (Å²) in [7, 11) is 0. The van der Waals surface area contributed by atoms with Gasteiger partial charge in [-0.05, 0) is 93.9 Å². The highest BCUT2D eigenvalue weighted by molar-refractivity contribution is 14.1. The third-order valence-corrected chi connectivity index (χ3v) is 6.36. The SMILES string of the molecule is CCOc1cc(/C=C(\C#N)C(=O)Nc2ccc(I)cc2)cc(Cl)c1OCc1cccc2ccccc12. The van der Waals surface area contributed by atoms with Gasteiger partial charge in [0, 0.05) is 9.26 Å². The molecular weight excluding hydrogens is 587 g/mol. The number of anilines is 1. The van der Waals surface area contributed by atoms with E-state index in [2.05, 4.69) is 46.1 Å². The first kappa shape index (κ1) is 25.5. The van der Waals surface area contributed by atoms with Crippen LogP contribution in [0.5, 0.6) is 11.5 Å². The van der Waals surface area contributed by atoms with E-state index in [1.165, 1.54) is 6.08 Å². The lowest BCUT2D eigenvalue weighted by atomic mass is 10.1. The van der Waals surface area contributed by atoms with Crippen LogP contribution in [-0.4, -0.2) is 12.5 Å². The summed E-state index contributed by atoms with van der Waals surface area (Å²) in [6.07, 6.45) is 1.48. The van der Waals surface area contributed by atoms with Gasteiger partial charge in [0.05, 0.1) is 11.6 Å². The number of halogens is 2. The fourth-order valence-corrected chi connectivity index (χ4v) is 4.32. The topological polar surface area (TPSA) is 71.3 Å². The number of benzene rings is 4. The predicted molar refractivity (Wildman–Crippen MR) is 152 cm³/mol. The summed E-state index contributed by atoms with van der Waals surface area (Å²) in [4.78, 5) is 12.7. The van der Waals surface area contributed by atoms with E-state index in [1.54, 1.807) is 24.3 Å². The van der Waals surface area contributed by atoms with Crippen molar-refractivity contribution in [1.82, 2.24) is 0 Å². The number of carbonyl (C=O) groups is 1. The maximum absolute atomic E-state index is 12.7. The maximum Gasteiger partial charge on any atom is 0.266 e. The maximum atomic E-state index is 12.7. The van der Waals surface area contributed by atoms with Crippen LogP contribution in [0.25, 0.3) is 16.8 Å². The van der Waals surface area contributed by atoms with Gasteiger partial charge >= 0.3 is 0 Å². The van der Waals surface area contributed by atoms with Gasteiger partial charge in [0.25, 0.3) is 5.91 Å². The minimum absolute atomic E-state index is 0.0588. The smallest absolute Gasteiger partial charge is 0.266 e. The summed E-state index contributed by atoms with van der Waals surface area (Å²) in [6, 6.07) is 26.8. The number of fused-ring (bicyclic) bond motifs is 1. The Morgan fingerprint density at radius 1 is 1.06 bits per heavy atom. The predicted octanol–water partition coefficient (Wildman–Crippen LogP) is 7.62. The lowest BCUT2D eigenvalue weighted by Gasteiger charge is -2.15. The number of amides is 1. The Morgan fingerprint density at radius 3 is 2.56 bits per heavy atom. The van der Waals surface area contributed by atoms with Crippen LogP contribution >= 0.6 is 34.2 Å². The van der Waals surface area contributed by atoms with Crippen molar-refractivity contribution in [3.05, 3.63) is 104 Å². The summed E-state index contributed by atoms with van der Waals surface area (Å²) >= 11 is 8.77. The lowest BCUT2D eigenvalue weighted by molar-refractivity contribution is -0.112. The average Bonchev–Trinajstić information content (AvgIpc) is 2.88. The number of ether oxygens (including phenoxy) is 2. The molecule has 180 valence electrons. The van der Waals surface area contributed by atoms with E-state index < -0.39 is 5.91 Å². The van der Waals surface area contributed by atoms with E-state index in [0.717, 1.165) is 19.9 Å². The molecule has 0 aliphatic rings. The Balaban J connectivity index is 1.59. The highest BCUT2D eigenvalue weighted by Crippen LogP contribution is 2.38. The third kappa shape index (κ3) is 6.17. The fraction of sp³-hybridized carbons (Fsp3) is 0.103. The normalized spacial score (nSPS) is 11.1. The van der Waals surface area contributed by atoms with Gasteiger partial charge in [-0.3, -0.25) is 4.79 Å². The fourth-order valence-electron chi connectivity index (χ4n) is 3.69. The van der Waals surface area contributed by atoms with Gasteiger partial charge in [-0.1, -0.05) is 54.1 Å². The third-order valence-electron chi connectivity index (χ3n) is 5.36. The quantitative estimate of drug-likeness (QED) is 0.127. The molecule has 4 rings (SSSR count). The molecule has 36 heavy (non-hydrogen) atoms. The highest BCUT2D eigenvalue weighted by atomic mass is 127. The van der Waals surface area contributed by atoms with E-state index >= 15 is 0 Å². The molecule has 5 nitrogen and oxygen atoms in total. The number of hydrogen-bond acceptors (Lipinski definition) is 4. The van der Waals surface area contributed by atoms with Crippen molar-refractivity contribution in [2.45, 2.75) is 13.5 Å². The molecule has 0 heterocycles. The van der Waals surface area contributed by atoms with Crippen LogP contribution in [-0.2, 0) is 11.4 Å². The molecule has 0 aliphatic heterocycles. The van der Waals surface area contributed by atoms with Gasteiger partial charge in [-0.15, -0.1) is 0 Å². The zero-order valence-corrected chi connectivity index (χ0v) is 22.3. The van der Waals surface area contributed by atoms with E-state index in [9.17, 15) is 10.1 Å². The second kappa shape index (κ2) is 11.9. The van der Waals surface area contributed by atoms with Crippen LogP contribution in [0.1, 0.15) is 18.1 Å². The molecule has 4 aromatic carbocycles. The first-order valence-electron chi connectivity index (χ1n) is 11.2. The van der Waals surface area contributed by atoms with E-state index in [0.29, 0.717) is 41.0 Å². The van der Waals surface area contributed by atoms with Gasteiger partial charge < -0.3 is 14.8 Å². The zero-order chi connectivity index (χ0) is 25.5. The van der Waals surface area contributed by atoms with Gasteiger partial charge in [0.1, 0.15) is 18.2 Å². The van der Waals surface area contributed by atoms with E-state index in [1.807, 2.05) is 49.4 Å². The molecule has 0 atom stereocenters. The Morgan fingerprint density at radius 2 is 1.81 bits per heavy atom. The number of nitriles is 1. The summed E-state index contributed by atoms with van der Waals surface area (Å²) in [6.45, 7) is 2.56. The molecule has 0 aliphatic carbocycles. The molecule has 0 saturated carbocycles. The second-order valence-corrected chi connectivity index (χ2v) is 9.47. The molecule has 4 aromatic rings. The molecule has 0 spiro atoms. The van der Waals surface area contributed by atoms with Crippen LogP contribution in [0.4, 0.5) is 5.69 Å². The van der Waals surface area contributed by atoms with Gasteiger partial charge in [-0.2, -0.15) is 5.26 Å². The molecule has 1 amide bonds. The van der Waals surface area contributed by atoms with Crippen molar-refractivity contribution >= 4 is 62.6 Å². The van der Waals surface area contributed by atoms with E-state index in [4.69, 9.17) is 21.1 Å². The van der Waals surface area contributed by atoms with Crippen LogP contribution in [0, 0.1) is 14.9 Å². The number of nitrogens with one attached hydrogen (secondary N) is 1. The van der Waals surface area contributed by atoms with Crippen molar-refractivity contribution < 1.29 is 14.3 Å². The summed E-state index contributed by atoms with van der Waals surface area (Å²) in [5.74, 6) is 0.335. The van der Waals surface area contributed by atoms with Crippen molar-refractivity contribution in [3.8, 4) is 17.6 Å². The lowest BCUT2D eigenvalue weighted by Crippen LogP contribution is -2.13. The number of carbonyl (C=O) groups excluding carboxylic acids is 1. The minimum Gasteiger partial charge on any atom is -0.490 e. The monoisotopic (exact) mass is 608 g/mol. The van der Waals surface area contributed by atoms with Crippen LogP contribution in [0.3, 0.4) is 0 Å². The van der Waals surface area contributed by atoms with E-state index in [-0.39, 0.29) is 5.57 Å². The molecule has 0 radical (unpaired) electrons. The van der Waals surface area contributed by atoms with Gasteiger partial charge in [-0.25, -0.2) is 0 Å². The Kier molecular flexibility index (Phi) is 8.47. The number of nitrogens with zero attached hydrogens (tertiary/aromatic N) is 1. The molecule has 0 aromatic heterocycles. The van der Waals surface area contributed by atoms with Gasteiger partial charge in [0.2, 0.25) is 0 Å². The molecule has 7 heteroatoms. The Bertz CT molecular complexity index is 1470. The number of rotatable bonds is 8. The minimum atomic E-state index is -0.510. The van der Waals surface area contributed by atoms with Gasteiger partial charge in [0.15, 0.2) is 11.5 Å². The Labute approximate surface area is 228 Å². The summed E-state index contributed by atoms with van der Waals surface area (Å²) < 4.78 is 13.0. The first-order chi connectivity index (χ1) is 17.5. The van der Waals surface area contributed by atoms with Crippen LogP contribution in [0.2, 0.25) is 5.02 Å². The number of hydrogen-bond donors (Lipinski definition) is 1. The molecule has 0 fully saturated rings. The van der Waals surface area contributed by atoms with Crippen LogP contribution in [0.15, 0.2) is 84.4 Å². The molecule has 1 N–H and O–H groups in total. The second-order valence-electron chi connectivity index (χ2n) is 7.82. The largest absolute Gasteiger partial charge is 0.490 e. The summed E-state index contributed by atoms with van der Waals surface area (Å²) in [5, 5.41) is 14.9. The summed E-state index contributed by atoms with van der Waals surface area (Å²) in [5.41, 5.74) is 2.12. The van der Waals surface area contributed by atoms with Crippen molar-refractivity contribution in [3.63, 3.8) is 0 Å². The Hall–Kier alpha value is -3.54. The molecule has 0 bridgehead atoms. The molecule has 0 unspecified atom stereocenters. The molecule has 0 saturated heterocycles. The van der Waals surface area contributed by atoms with Crippen molar-refractivity contribution in [1.29, 1.82) is 5.26 Å². The van der Waals surface area contributed by atoms with Crippen LogP contribution < -0.4 is 14.8 Å². The first-order valence-corrected chi connectivity index (χ1v) is 12.7. The zero-order valence-electron chi connectivity index (χ0n) is 19.4. The average molecular weight is 609 g/mol. The standard InChI is InChI=1S/C29H22ClIN2O3/c1-2-35-27-16-19(14-22(17-32)29(34)33-24-12-10-23(31)11-13-24)15-26(30)28(27)36-18-21-8-5-7-20-6-3-4-9-25(20)21/h3-16H,2,18H2,1H3,(H,33,34)/b22-14+. The van der Waals surface area contributed by atoms with Crippen molar-refractivity contribution in [2.75, 3.05) is 11.9 Å². The van der Waals surface area contributed by atoms with Crippen molar-refractivity contribution in [2.24, 2.45) is 0 Å². The molecular formula is C29H22ClIN2O3. The highest BCUT2D eigenvalue weighted by Gasteiger charge is 2.15.